The van der Waals surface area contributed by atoms with Crippen molar-refractivity contribution in [1.29, 1.82) is 0 Å². The lowest BCUT2D eigenvalue weighted by atomic mass is 10.0. The molecule has 0 aromatic heterocycles. The standard InChI is InChI=1S/C65H114O6/c1-4-7-10-13-16-19-22-25-28-30-31-32-33-35-38-41-44-47-50-53-56-59-65(68)71-62(60-69-63(66)57-54-51-48-45-42-39-36-27-24-21-18-15-12-9-6-3)61-70-64(67)58-55-52-49-46-43-40-37-34-29-26-23-20-17-14-11-8-5-2/h9,12,17-18,20-21,25-29,36,62H,4-8,10-11,13-16,19,22-24,30-35,37-61H2,1-3H3/b12-9-,20-17-,21-18-,28-25-,29-26-,36-27-/t62-/m1/s1. The Morgan fingerprint density at radius 1 is 0.296 bits per heavy atom. The molecular weight excluding hydrogens is 877 g/mol. The molecule has 0 aliphatic carbocycles. The van der Waals surface area contributed by atoms with E-state index in [1.54, 1.807) is 0 Å². The van der Waals surface area contributed by atoms with Crippen molar-refractivity contribution < 1.29 is 28.6 Å². The molecule has 0 saturated heterocycles. The van der Waals surface area contributed by atoms with Crippen LogP contribution in [0.1, 0.15) is 303 Å². The highest BCUT2D eigenvalue weighted by atomic mass is 16.6. The largest absolute Gasteiger partial charge is 0.462 e. The number of hydrogen-bond donors (Lipinski definition) is 0. The van der Waals surface area contributed by atoms with Crippen molar-refractivity contribution in [2.45, 2.75) is 309 Å². The van der Waals surface area contributed by atoms with Crippen LogP contribution in [0.5, 0.6) is 0 Å². The predicted octanol–water partition coefficient (Wildman–Crippen LogP) is 20.5. The average Bonchev–Trinajstić information content (AvgIpc) is 3.37. The van der Waals surface area contributed by atoms with E-state index in [0.717, 1.165) is 109 Å². The zero-order valence-electron chi connectivity index (χ0n) is 47.0. The number of unbranched alkanes of at least 4 members (excludes halogenated alkanes) is 32. The Morgan fingerprint density at radius 3 is 0.901 bits per heavy atom. The van der Waals surface area contributed by atoms with Crippen molar-refractivity contribution >= 4 is 17.9 Å². The maximum Gasteiger partial charge on any atom is 0.306 e. The molecule has 6 nitrogen and oxygen atoms in total. The summed E-state index contributed by atoms with van der Waals surface area (Å²) in [6.07, 6.45) is 76.1. The second-order valence-corrected chi connectivity index (χ2v) is 20.2. The first-order valence-corrected chi connectivity index (χ1v) is 30.4. The zero-order valence-corrected chi connectivity index (χ0v) is 47.0. The van der Waals surface area contributed by atoms with E-state index in [4.69, 9.17) is 14.2 Å². The number of carbonyl (C=O) groups is 3. The topological polar surface area (TPSA) is 78.9 Å². The summed E-state index contributed by atoms with van der Waals surface area (Å²) >= 11 is 0. The van der Waals surface area contributed by atoms with Crippen molar-refractivity contribution in [3.05, 3.63) is 72.9 Å². The first-order valence-electron chi connectivity index (χ1n) is 30.4. The monoisotopic (exact) mass is 991 g/mol. The van der Waals surface area contributed by atoms with Crippen LogP contribution in [0.3, 0.4) is 0 Å². The fourth-order valence-corrected chi connectivity index (χ4v) is 8.60. The van der Waals surface area contributed by atoms with E-state index in [1.165, 1.54) is 154 Å². The molecule has 0 N–H and O–H groups in total. The van der Waals surface area contributed by atoms with Crippen LogP contribution in [0.25, 0.3) is 0 Å². The number of allylic oxidation sites excluding steroid dienone is 12. The molecular formula is C65H114O6. The molecule has 0 rings (SSSR count). The van der Waals surface area contributed by atoms with Gasteiger partial charge in [-0.1, -0.05) is 248 Å². The van der Waals surface area contributed by atoms with Gasteiger partial charge in [0, 0.05) is 19.3 Å². The van der Waals surface area contributed by atoms with Gasteiger partial charge < -0.3 is 14.2 Å². The summed E-state index contributed by atoms with van der Waals surface area (Å²) in [5, 5.41) is 0. The van der Waals surface area contributed by atoms with Crippen LogP contribution in [-0.2, 0) is 28.6 Å². The number of ether oxygens (including phenoxy) is 3. The molecule has 0 spiro atoms. The van der Waals surface area contributed by atoms with E-state index in [-0.39, 0.29) is 31.1 Å². The second-order valence-electron chi connectivity index (χ2n) is 20.2. The molecule has 0 amide bonds. The van der Waals surface area contributed by atoms with E-state index in [1.807, 2.05) is 0 Å². The molecule has 0 aromatic rings. The van der Waals surface area contributed by atoms with Gasteiger partial charge in [-0.15, -0.1) is 0 Å². The van der Waals surface area contributed by atoms with Gasteiger partial charge in [-0.2, -0.15) is 0 Å². The Balaban J connectivity index is 4.38. The van der Waals surface area contributed by atoms with Crippen molar-refractivity contribution in [1.82, 2.24) is 0 Å². The molecule has 0 aromatic carbocycles. The second kappa shape index (κ2) is 59.4. The smallest absolute Gasteiger partial charge is 0.306 e. The first kappa shape index (κ1) is 67.8. The molecule has 410 valence electrons. The van der Waals surface area contributed by atoms with Crippen molar-refractivity contribution in [3.8, 4) is 0 Å². The van der Waals surface area contributed by atoms with Gasteiger partial charge in [0.15, 0.2) is 6.10 Å². The highest BCUT2D eigenvalue weighted by molar-refractivity contribution is 5.71. The van der Waals surface area contributed by atoms with Crippen LogP contribution in [0.15, 0.2) is 72.9 Å². The van der Waals surface area contributed by atoms with Gasteiger partial charge in [-0.05, 0) is 109 Å². The minimum absolute atomic E-state index is 0.0844. The molecule has 0 fully saturated rings. The molecule has 0 radical (unpaired) electrons. The Hall–Kier alpha value is -3.15. The van der Waals surface area contributed by atoms with E-state index < -0.39 is 6.10 Å². The quantitative estimate of drug-likeness (QED) is 0.0261. The fraction of sp³-hybridized carbons (Fsp3) is 0.769. The Kier molecular flexibility index (Phi) is 56.8. The number of carbonyl (C=O) groups excluding carboxylic acids is 3. The van der Waals surface area contributed by atoms with Crippen molar-refractivity contribution in [2.24, 2.45) is 0 Å². The van der Waals surface area contributed by atoms with Gasteiger partial charge in [0.05, 0.1) is 0 Å². The third kappa shape index (κ3) is 57.6. The molecule has 1 atom stereocenters. The summed E-state index contributed by atoms with van der Waals surface area (Å²) in [5.41, 5.74) is 0. The number of hydrogen-bond acceptors (Lipinski definition) is 6. The van der Waals surface area contributed by atoms with E-state index >= 15 is 0 Å². The van der Waals surface area contributed by atoms with Crippen molar-refractivity contribution in [2.75, 3.05) is 13.2 Å². The van der Waals surface area contributed by atoms with Crippen LogP contribution in [-0.4, -0.2) is 37.2 Å². The van der Waals surface area contributed by atoms with E-state index in [0.29, 0.717) is 19.3 Å². The minimum Gasteiger partial charge on any atom is -0.462 e. The molecule has 0 aliphatic rings. The molecule has 0 bridgehead atoms. The third-order valence-corrected chi connectivity index (χ3v) is 13.2. The van der Waals surface area contributed by atoms with Gasteiger partial charge in [0.1, 0.15) is 13.2 Å². The maximum atomic E-state index is 12.9. The Bertz CT molecular complexity index is 1320. The minimum atomic E-state index is -0.787. The number of rotatable bonds is 55. The summed E-state index contributed by atoms with van der Waals surface area (Å²) in [7, 11) is 0. The summed E-state index contributed by atoms with van der Waals surface area (Å²) < 4.78 is 16.9. The summed E-state index contributed by atoms with van der Waals surface area (Å²) in [6.45, 7) is 6.51. The predicted molar refractivity (Wildman–Crippen MR) is 307 cm³/mol. The zero-order chi connectivity index (χ0) is 51.4. The van der Waals surface area contributed by atoms with Gasteiger partial charge in [-0.25, -0.2) is 0 Å². The highest BCUT2D eigenvalue weighted by Crippen LogP contribution is 2.16. The van der Waals surface area contributed by atoms with Crippen LogP contribution in [0.4, 0.5) is 0 Å². The highest BCUT2D eigenvalue weighted by Gasteiger charge is 2.19. The van der Waals surface area contributed by atoms with Crippen LogP contribution < -0.4 is 0 Å². The Morgan fingerprint density at radius 2 is 0.549 bits per heavy atom. The number of esters is 3. The molecule has 0 aliphatic heterocycles. The molecule has 71 heavy (non-hydrogen) atoms. The van der Waals surface area contributed by atoms with Crippen molar-refractivity contribution in [3.63, 3.8) is 0 Å². The summed E-state index contributed by atoms with van der Waals surface area (Å²) in [5.74, 6) is -0.898. The lowest BCUT2D eigenvalue weighted by Crippen LogP contribution is -2.30. The molecule has 0 unspecified atom stereocenters. The maximum absolute atomic E-state index is 12.9. The Labute approximate surface area is 440 Å². The van der Waals surface area contributed by atoms with E-state index in [2.05, 4.69) is 93.7 Å². The van der Waals surface area contributed by atoms with E-state index in [9.17, 15) is 14.4 Å². The van der Waals surface area contributed by atoms with Crippen LogP contribution >= 0.6 is 0 Å². The fourth-order valence-electron chi connectivity index (χ4n) is 8.60. The summed E-state index contributed by atoms with van der Waals surface area (Å²) in [6, 6.07) is 0. The molecule has 6 heteroatoms. The normalized spacial score (nSPS) is 12.5. The first-order chi connectivity index (χ1) is 35.0. The average molecular weight is 992 g/mol. The summed E-state index contributed by atoms with van der Waals surface area (Å²) in [4.78, 5) is 38.2. The third-order valence-electron chi connectivity index (χ3n) is 13.2. The van der Waals surface area contributed by atoms with Gasteiger partial charge in [0.25, 0.3) is 0 Å². The molecule has 0 saturated carbocycles. The molecule has 0 heterocycles. The SMILES string of the molecule is CC/C=C\C/C=C\C/C=C\CCCCCCCC(=O)OC[C@H](COC(=O)CCCCCCCCC/C=C\C/C=C\CCCCC)OC(=O)CCCCCCCCCCCCC/C=C\CCCCCCCC. The van der Waals surface area contributed by atoms with Crippen LogP contribution in [0, 0.1) is 0 Å². The van der Waals surface area contributed by atoms with Gasteiger partial charge in [-0.3, -0.25) is 14.4 Å². The lowest BCUT2D eigenvalue weighted by molar-refractivity contribution is -0.167. The van der Waals surface area contributed by atoms with Gasteiger partial charge >= 0.3 is 17.9 Å². The lowest BCUT2D eigenvalue weighted by Gasteiger charge is -2.18. The van der Waals surface area contributed by atoms with Gasteiger partial charge in [0.2, 0.25) is 0 Å². The van der Waals surface area contributed by atoms with Crippen LogP contribution in [0.2, 0.25) is 0 Å².